The first-order valence-electron chi connectivity index (χ1n) is 12.6. The fraction of sp³-hybridized carbons (Fsp3) is 0.889. The van der Waals surface area contributed by atoms with E-state index in [9.17, 15) is 9.90 Å². The van der Waals surface area contributed by atoms with E-state index in [0.29, 0.717) is 29.6 Å². The lowest BCUT2D eigenvalue weighted by Crippen LogP contribution is -2.55. The van der Waals surface area contributed by atoms with Gasteiger partial charge in [0.25, 0.3) is 0 Å². The average molecular weight is 401 g/mol. The third-order valence-corrected chi connectivity index (χ3v) is 10.2. The lowest BCUT2D eigenvalue weighted by atomic mass is 9.45. The Morgan fingerprint density at radius 2 is 1.83 bits per heavy atom. The molecule has 164 valence electrons. The van der Waals surface area contributed by atoms with Crippen LogP contribution in [0, 0.1) is 46.3 Å². The maximum absolute atomic E-state index is 12.0. The highest BCUT2D eigenvalue weighted by molar-refractivity contribution is 5.91. The van der Waals surface area contributed by atoms with Crippen LogP contribution < -0.4 is 0 Å². The molecule has 4 rings (SSSR count). The number of aliphatic hydroxyl groups excluding tert-OH is 1. The largest absolute Gasteiger partial charge is 0.392 e. The molecule has 0 aliphatic heterocycles. The van der Waals surface area contributed by atoms with Crippen molar-refractivity contribution in [2.24, 2.45) is 46.3 Å². The molecule has 3 fully saturated rings. The molecule has 29 heavy (non-hydrogen) atoms. The summed E-state index contributed by atoms with van der Waals surface area (Å²) in [6.45, 7) is 12.2. The van der Waals surface area contributed by atoms with E-state index < -0.39 is 0 Å². The quantitative estimate of drug-likeness (QED) is 0.567. The zero-order chi connectivity index (χ0) is 21.0. The van der Waals surface area contributed by atoms with Gasteiger partial charge in [-0.1, -0.05) is 59.5 Å². The lowest BCUT2D eigenvalue weighted by molar-refractivity contribution is -0.124. The van der Waals surface area contributed by atoms with Gasteiger partial charge >= 0.3 is 0 Å². The van der Waals surface area contributed by atoms with E-state index in [1.54, 1.807) is 0 Å². The van der Waals surface area contributed by atoms with Gasteiger partial charge in [-0.15, -0.1) is 0 Å². The molecule has 4 aliphatic carbocycles. The van der Waals surface area contributed by atoms with E-state index in [-0.39, 0.29) is 17.3 Å². The molecule has 0 heterocycles. The Labute approximate surface area is 178 Å². The number of ketones is 1. The summed E-state index contributed by atoms with van der Waals surface area (Å²) >= 11 is 0. The summed E-state index contributed by atoms with van der Waals surface area (Å²) in [5, 5.41) is 11.3. The number of hydrogen-bond acceptors (Lipinski definition) is 2. The van der Waals surface area contributed by atoms with Gasteiger partial charge in [0.1, 0.15) is 0 Å². The summed E-state index contributed by atoms with van der Waals surface area (Å²) in [6.07, 6.45) is 13.4. The SMILES string of the molecule is CC(C)CCC[C@@H](C)C1CC[C@H]2[C@@H]3[C@H](O)CC4=CC(=O)CC[C@]4(C)[C@H]3CC[C@]12C. The highest BCUT2D eigenvalue weighted by Crippen LogP contribution is 2.67. The predicted molar refractivity (Wildman–Crippen MR) is 119 cm³/mol. The van der Waals surface area contributed by atoms with Gasteiger partial charge in [0.05, 0.1) is 6.10 Å². The molecule has 0 radical (unpaired) electrons. The van der Waals surface area contributed by atoms with Gasteiger partial charge in [-0.05, 0) is 90.9 Å². The molecule has 0 aromatic heterocycles. The molecule has 0 saturated heterocycles. The molecular formula is C27H44O2. The molecule has 1 N–H and O–H groups in total. The third-order valence-electron chi connectivity index (χ3n) is 10.2. The molecule has 0 bridgehead atoms. The fourth-order valence-electron chi connectivity index (χ4n) is 8.55. The standard InChI is InChI=1S/C27H44O2/c1-17(2)7-6-8-18(3)21-9-10-22-25-23(12-14-27(21,22)5)26(4)13-11-20(28)15-19(26)16-24(25)29/h15,17-18,21-25,29H,6-14,16H2,1-5H3/t18-,21?,22+,23+,24-,25+,26+,27-/m1/s1. The minimum absolute atomic E-state index is 0.153. The molecule has 4 aliphatic rings. The normalized spacial score (nSPS) is 45.4. The molecule has 2 heteroatoms. The lowest BCUT2D eigenvalue weighted by Gasteiger charge is -2.60. The summed E-state index contributed by atoms with van der Waals surface area (Å²) in [6, 6.07) is 0. The second-order valence-electron chi connectivity index (χ2n) is 12.1. The van der Waals surface area contributed by atoms with Crippen LogP contribution in [0.15, 0.2) is 11.6 Å². The van der Waals surface area contributed by atoms with Crippen LogP contribution in [-0.2, 0) is 4.79 Å². The van der Waals surface area contributed by atoms with Crippen molar-refractivity contribution in [3.63, 3.8) is 0 Å². The molecular weight excluding hydrogens is 356 g/mol. The molecule has 3 saturated carbocycles. The van der Waals surface area contributed by atoms with E-state index in [1.165, 1.54) is 50.5 Å². The summed E-state index contributed by atoms with van der Waals surface area (Å²) in [7, 11) is 0. The maximum atomic E-state index is 12.0. The molecule has 0 amide bonds. The van der Waals surface area contributed by atoms with Crippen molar-refractivity contribution in [3.05, 3.63) is 11.6 Å². The van der Waals surface area contributed by atoms with Crippen molar-refractivity contribution < 1.29 is 9.90 Å². The first-order valence-corrected chi connectivity index (χ1v) is 12.6. The molecule has 2 nitrogen and oxygen atoms in total. The Bertz CT molecular complexity index is 663. The maximum Gasteiger partial charge on any atom is 0.155 e. The molecule has 0 aromatic carbocycles. The van der Waals surface area contributed by atoms with E-state index in [2.05, 4.69) is 34.6 Å². The number of aliphatic hydroxyl groups is 1. The summed E-state index contributed by atoms with van der Waals surface area (Å²) in [5.41, 5.74) is 1.82. The van der Waals surface area contributed by atoms with Crippen LogP contribution in [0.4, 0.5) is 0 Å². The highest BCUT2D eigenvalue weighted by atomic mass is 16.3. The van der Waals surface area contributed by atoms with E-state index >= 15 is 0 Å². The first-order chi connectivity index (χ1) is 13.7. The predicted octanol–water partition coefficient (Wildman–Crippen LogP) is 6.57. The summed E-state index contributed by atoms with van der Waals surface area (Å²) < 4.78 is 0. The second kappa shape index (κ2) is 7.81. The van der Waals surface area contributed by atoms with Crippen LogP contribution in [-0.4, -0.2) is 17.0 Å². The van der Waals surface area contributed by atoms with Gasteiger partial charge in [-0.2, -0.15) is 0 Å². The van der Waals surface area contributed by atoms with Crippen molar-refractivity contribution in [2.75, 3.05) is 0 Å². The number of fused-ring (bicyclic) bond motifs is 5. The molecule has 8 atom stereocenters. The van der Waals surface area contributed by atoms with E-state index in [4.69, 9.17) is 0 Å². The van der Waals surface area contributed by atoms with Crippen LogP contribution in [0.5, 0.6) is 0 Å². The number of carbonyl (C=O) groups excluding carboxylic acids is 1. The monoisotopic (exact) mass is 400 g/mol. The topological polar surface area (TPSA) is 37.3 Å². The van der Waals surface area contributed by atoms with Gasteiger partial charge in [0, 0.05) is 6.42 Å². The fourth-order valence-corrected chi connectivity index (χ4v) is 8.55. The van der Waals surface area contributed by atoms with Crippen LogP contribution in [0.2, 0.25) is 0 Å². The van der Waals surface area contributed by atoms with Crippen LogP contribution in [0.25, 0.3) is 0 Å². The Balaban J connectivity index is 1.54. The third kappa shape index (κ3) is 3.56. The number of carbonyl (C=O) groups is 1. The van der Waals surface area contributed by atoms with E-state index in [1.807, 2.05) is 6.08 Å². The number of hydrogen-bond donors (Lipinski definition) is 1. The van der Waals surface area contributed by atoms with Crippen LogP contribution in [0.3, 0.4) is 0 Å². The van der Waals surface area contributed by atoms with Crippen molar-refractivity contribution in [3.8, 4) is 0 Å². The van der Waals surface area contributed by atoms with Crippen molar-refractivity contribution in [2.45, 2.75) is 105 Å². The summed E-state index contributed by atoms with van der Waals surface area (Å²) in [5.74, 6) is 4.40. The van der Waals surface area contributed by atoms with Crippen molar-refractivity contribution in [1.29, 1.82) is 0 Å². The zero-order valence-electron chi connectivity index (χ0n) is 19.5. The van der Waals surface area contributed by atoms with Crippen LogP contribution >= 0.6 is 0 Å². The second-order valence-corrected chi connectivity index (χ2v) is 12.1. The van der Waals surface area contributed by atoms with E-state index in [0.717, 1.165) is 30.6 Å². The minimum atomic E-state index is -0.246. The van der Waals surface area contributed by atoms with Gasteiger partial charge in [-0.25, -0.2) is 0 Å². The van der Waals surface area contributed by atoms with Crippen LogP contribution in [0.1, 0.15) is 98.8 Å². The highest BCUT2D eigenvalue weighted by Gasteiger charge is 2.61. The zero-order valence-corrected chi connectivity index (χ0v) is 19.5. The number of rotatable bonds is 5. The Kier molecular flexibility index (Phi) is 5.82. The average Bonchev–Trinajstić information content (AvgIpc) is 3.00. The first kappa shape index (κ1) is 21.6. The summed E-state index contributed by atoms with van der Waals surface area (Å²) in [4.78, 5) is 12.0. The van der Waals surface area contributed by atoms with Gasteiger partial charge in [-0.3, -0.25) is 4.79 Å². The molecule has 1 unspecified atom stereocenters. The van der Waals surface area contributed by atoms with Crippen molar-refractivity contribution in [1.82, 2.24) is 0 Å². The van der Waals surface area contributed by atoms with Gasteiger partial charge in [0.15, 0.2) is 5.78 Å². The minimum Gasteiger partial charge on any atom is -0.392 e. The Hall–Kier alpha value is -0.630. The Morgan fingerprint density at radius 1 is 1.07 bits per heavy atom. The smallest absolute Gasteiger partial charge is 0.155 e. The Morgan fingerprint density at radius 3 is 2.55 bits per heavy atom. The molecule has 0 aromatic rings. The van der Waals surface area contributed by atoms with Gasteiger partial charge < -0.3 is 5.11 Å². The van der Waals surface area contributed by atoms with Crippen molar-refractivity contribution >= 4 is 5.78 Å². The molecule has 0 spiro atoms. The van der Waals surface area contributed by atoms with Gasteiger partial charge in [0.2, 0.25) is 0 Å².